The van der Waals surface area contributed by atoms with Gasteiger partial charge in [0, 0.05) is 20.2 Å². The molecule has 5 heteroatoms. The molecule has 3 aliphatic rings. The Balaban J connectivity index is 1.77. The maximum Gasteiger partial charge on any atom is 0.236 e. The molecule has 3 aliphatic carbocycles. The minimum absolute atomic E-state index is 0.00319. The maximum absolute atomic E-state index is 13.1. The quantitative estimate of drug-likeness (QED) is 0.203. The molecular weight excluding hydrogens is 426 g/mol. The normalized spacial score (nSPS) is 31.5. The molecular formula is C28H49NO3Si. The molecule has 0 bridgehead atoms. The summed E-state index contributed by atoms with van der Waals surface area (Å²) in [6.45, 7) is 14.1. The third-order valence-corrected chi connectivity index (χ3v) is 14.7. The SMILES string of the molecule is CC[Si](CC)(CC)O[C@@H]1CCC[C@@]2(C)C(C(C)(C)/C=C/C(=O)C3(C(=O)N(C)C)CC3)CC[C@H]12. The number of ketones is 1. The van der Waals surface area contributed by atoms with Gasteiger partial charge in [0.1, 0.15) is 5.41 Å². The largest absolute Gasteiger partial charge is 0.414 e. The highest BCUT2D eigenvalue weighted by Gasteiger charge is 2.57. The van der Waals surface area contributed by atoms with Crippen molar-refractivity contribution in [1.82, 2.24) is 4.90 Å². The highest BCUT2D eigenvalue weighted by atomic mass is 28.4. The Labute approximate surface area is 204 Å². The van der Waals surface area contributed by atoms with E-state index in [1.54, 1.807) is 25.1 Å². The Hall–Kier alpha value is -0.943. The zero-order chi connectivity index (χ0) is 24.7. The predicted molar refractivity (Wildman–Crippen MR) is 139 cm³/mol. The Morgan fingerprint density at radius 3 is 2.15 bits per heavy atom. The van der Waals surface area contributed by atoms with E-state index < -0.39 is 13.7 Å². The maximum atomic E-state index is 13.1. The first-order valence-electron chi connectivity index (χ1n) is 13.5. The van der Waals surface area contributed by atoms with Gasteiger partial charge in [-0.3, -0.25) is 9.59 Å². The molecule has 4 nitrogen and oxygen atoms in total. The smallest absolute Gasteiger partial charge is 0.236 e. The van der Waals surface area contributed by atoms with Crippen LogP contribution in [0.25, 0.3) is 0 Å². The zero-order valence-corrected chi connectivity index (χ0v) is 23.6. The van der Waals surface area contributed by atoms with Gasteiger partial charge in [-0.05, 0) is 85.4 Å². The lowest BCUT2D eigenvalue weighted by Gasteiger charge is -2.50. The van der Waals surface area contributed by atoms with Crippen LogP contribution in [-0.2, 0) is 14.0 Å². The lowest BCUT2D eigenvalue weighted by Crippen LogP contribution is -2.49. The van der Waals surface area contributed by atoms with E-state index in [1.807, 2.05) is 0 Å². The Kier molecular flexibility index (Phi) is 7.76. The Bertz CT molecular complexity index is 757. The first-order chi connectivity index (χ1) is 15.4. The van der Waals surface area contributed by atoms with E-state index in [0.717, 1.165) is 0 Å². The molecule has 0 heterocycles. The fourth-order valence-electron chi connectivity index (χ4n) is 7.49. The van der Waals surface area contributed by atoms with Crippen molar-refractivity contribution in [3.63, 3.8) is 0 Å². The van der Waals surface area contributed by atoms with E-state index in [9.17, 15) is 9.59 Å². The molecule has 0 aromatic carbocycles. The summed E-state index contributed by atoms with van der Waals surface area (Å²) in [5.41, 5.74) is -0.602. The molecule has 4 atom stereocenters. The van der Waals surface area contributed by atoms with Gasteiger partial charge in [-0.25, -0.2) is 0 Å². The average molecular weight is 476 g/mol. The van der Waals surface area contributed by atoms with Crippen molar-refractivity contribution in [1.29, 1.82) is 0 Å². The summed E-state index contributed by atoms with van der Waals surface area (Å²) in [7, 11) is 1.87. The van der Waals surface area contributed by atoms with Crippen molar-refractivity contribution in [3.8, 4) is 0 Å². The predicted octanol–water partition coefficient (Wildman–Crippen LogP) is 6.61. The van der Waals surface area contributed by atoms with Gasteiger partial charge < -0.3 is 9.33 Å². The number of nitrogens with zero attached hydrogens (tertiary/aromatic N) is 1. The number of carbonyl (C=O) groups is 2. The second-order valence-corrected chi connectivity index (χ2v) is 17.1. The number of allylic oxidation sites excluding steroid dienone is 2. The minimum Gasteiger partial charge on any atom is -0.414 e. The monoisotopic (exact) mass is 475 g/mol. The number of fused-ring (bicyclic) bond motifs is 1. The van der Waals surface area contributed by atoms with Crippen molar-refractivity contribution in [2.75, 3.05) is 14.1 Å². The van der Waals surface area contributed by atoms with Gasteiger partial charge in [0.25, 0.3) is 0 Å². The van der Waals surface area contributed by atoms with Crippen LogP contribution < -0.4 is 0 Å². The lowest BCUT2D eigenvalue weighted by atomic mass is 9.58. The van der Waals surface area contributed by atoms with Gasteiger partial charge in [-0.2, -0.15) is 0 Å². The number of amides is 1. The van der Waals surface area contributed by atoms with Gasteiger partial charge >= 0.3 is 0 Å². The molecule has 0 spiro atoms. The van der Waals surface area contributed by atoms with Gasteiger partial charge in [0.15, 0.2) is 14.1 Å². The van der Waals surface area contributed by atoms with Crippen LogP contribution in [0.1, 0.15) is 86.5 Å². The minimum atomic E-state index is -1.62. The molecule has 0 radical (unpaired) electrons. The second kappa shape index (κ2) is 9.60. The molecule has 0 aliphatic heterocycles. The molecule has 0 aromatic rings. The van der Waals surface area contributed by atoms with Crippen LogP contribution in [0, 0.1) is 28.1 Å². The summed E-state index contributed by atoms with van der Waals surface area (Å²) in [6.07, 6.45) is 11.8. The summed E-state index contributed by atoms with van der Waals surface area (Å²) in [5.74, 6) is 1.13. The van der Waals surface area contributed by atoms with Crippen molar-refractivity contribution in [3.05, 3.63) is 12.2 Å². The number of carbonyl (C=O) groups excluding carboxylic acids is 2. The van der Waals surface area contributed by atoms with Crippen molar-refractivity contribution < 1.29 is 14.0 Å². The zero-order valence-electron chi connectivity index (χ0n) is 22.6. The van der Waals surface area contributed by atoms with Gasteiger partial charge in [0.2, 0.25) is 5.91 Å². The third kappa shape index (κ3) is 4.78. The first kappa shape index (κ1) is 26.7. The molecule has 3 rings (SSSR count). The van der Waals surface area contributed by atoms with E-state index in [0.29, 0.717) is 30.8 Å². The molecule has 33 heavy (non-hydrogen) atoms. The van der Waals surface area contributed by atoms with Crippen LogP contribution in [0.2, 0.25) is 18.1 Å². The standard InChI is InChI=1S/C28H49NO3Si/c1-9-33(10-2,11-3)32-22-13-12-17-27(6)21(22)14-15-23(27)26(4,5)18-16-24(30)28(19-20-28)25(31)29(7)8/h16,18,21-23H,9-15,17,19-20H2,1-8H3/b18-16+/t21-,22-,23?,27-/m1/s1. The molecule has 0 aromatic heterocycles. The summed E-state index contributed by atoms with van der Waals surface area (Å²) >= 11 is 0. The molecule has 1 unspecified atom stereocenters. The lowest BCUT2D eigenvalue weighted by molar-refractivity contribution is -0.139. The van der Waals surface area contributed by atoms with E-state index in [1.165, 1.54) is 50.2 Å². The van der Waals surface area contributed by atoms with Crippen LogP contribution in [0.15, 0.2) is 12.2 Å². The molecule has 188 valence electrons. The first-order valence-corrected chi connectivity index (χ1v) is 16.1. The molecule has 3 fully saturated rings. The highest BCUT2D eigenvalue weighted by Crippen LogP contribution is 2.62. The van der Waals surface area contributed by atoms with E-state index in [4.69, 9.17) is 4.43 Å². The van der Waals surface area contributed by atoms with E-state index in [2.05, 4.69) is 47.6 Å². The summed E-state index contributed by atoms with van der Waals surface area (Å²) in [6, 6.07) is 3.65. The number of rotatable bonds is 10. The number of hydrogen-bond donors (Lipinski definition) is 0. The van der Waals surface area contributed by atoms with Crippen LogP contribution in [-0.4, -0.2) is 45.1 Å². The topological polar surface area (TPSA) is 46.6 Å². The van der Waals surface area contributed by atoms with Crippen molar-refractivity contribution in [2.45, 2.75) is 111 Å². The summed E-state index contributed by atoms with van der Waals surface area (Å²) in [4.78, 5) is 27.2. The van der Waals surface area contributed by atoms with Crippen molar-refractivity contribution in [2.24, 2.45) is 28.1 Å². The van der Waals surface area contributed by atoms with E-state index in [-0.39, 0.29) is 22.5 Å². The third-order valence-electron chi connectivity index (χ3n) is 10.00. The highest BCUT2D eigenvalue weighted by molar-refractivity contribution is 6.73. The van der Waals surface area contributed by atoms with Crippen LogP contribution in [0.3, 0.4) is 0 Å². The second-order valence-electron chi connectivity index (χ2n) is 12.3. The summed E-state index contributed by atoms with van der Waals surface area (Å²) < 4.78 is 7.09. The average Bonchev–Trinajstić information content (AvgIpc) is 3.51. The summed E-state index contributed by atoms with van der Waals surface area (Å²) in [5, 5.41) is 0. The molecule has 0 N–H and O–H groups in total. The molecule has 1 amide bonds. The van der Waals surface area contributed by atoms with Crippen LogP contribution in [0.4, 0.5) is 0 Å². The number of hydrogen-bond acceptors (Lipinski definition) is 3. The van der Waals surface area contributed by atoms with Crippen LogP contribution >= 0.6 is 0 Å². The Morgan fingerprint density at radius 1 is 1.03 bits per heavy atom. The molecule has 0 saturated heterocycles. The fourth-order valence-corrected chi connectivity index (χ4v) is 10.4. The molecule has 3 saturated carbocycles. The van der Waals surface area contributed by atoms with Gasteiger partial charge in [-0.1, -0.05) is 54.0 Å². The van der Waals surface area contributed by atoms with Gasteiger partial charge in [0.05, 0.1) is 0 Å². The fraction of sp³-hybridized carbons (Fsp3) is 0.857. The van der Waals surface area contributed by atoms with Crippen LogP contribution in [0.5, 0.6) is 0 Å². The van der Waals surface area contributed by atoms with Gasteiger partial charge in [-0.15, -0.1) is 0 Å². The Morgan fingerprint density at radius 2 is 1.64 bits per heavy atom. The van der Waals surface area contributed by atoms with E-state index >= 15 is 0 Å². The van der Waals surface area contributed by atoms with Crippen molar-refractivity contribution >= 4 is 20.0 Å².